The second-order valence-electron chi connectivity index (χ2n) is 4.91. The van der Waals surface area contributed by atoms with Crippen molar-refractivity contribution in [3.8, 4) is 0 Å². The van der Waals surface area contributed by atoms with Gasteiger partial charge < -0.3 is 5.32 Å². The molecule has 0 fully saturated rings. The largest absolute Gasteiger partial charge is 0.305 e. The highest BCUT2D eigenvalue weighted by atomic mass is 32.2. The lowest BCUT2D eigenvalue weighted by Gasteiger charge is -2.37. The van der Waals surface area contributed by atoms with Gasteiger partial charge in [-0.05, 0) is 38.9 Å². The van der Waals surface area contributed by atoms with E-state index in [0.717, 1.165) is 17.9 Å². The number of benzene rings is 1. The first-order valence-electron chi connectivity index (χ1n) is 6.53. The van der Waals surface area contributed by atoms with Gasteiger partial charge in [0.05, 0.1) is 11.2 Å². The van der Waals surface area contributed by atoms with Gasteiger partial charge in [-0.25, -0.2) is 4.98 Å². The van der Waals surface area contributed by atoms with Crippen LogP contribution in [-0.4, -0.2) is 17.8 Å². The summed E-state index contributed by atoms with van der Waals surface area (Å²) >= 11 is 3.77. The molecule has 2 aromatic rings. The highest BCUT2D eigenvalue weighted by Crippen LogP contribution is 2.45. The van der Waals surface area contributed by atoms with Crippen LogP contribution in [0.5, 0.6) is 0 Å². The Morgan fingerprint density at radius 3 is 2.74 bits per heavy atom. The standard InChI is InChI=1S/C15H18N2S2/c1-10-11(2)19-14(17-10)15(16-3)8-9-18-13-7-5-4-6-12(13)15/h4-7,16H,8-9H2,1-3H3. The Bertz CT molecular complexity index is 586. The summed E-state index contributed by atoms with van der Waals surface area (Å²) < 4.78 is 0. The summed E-state index contributed by atoms with van der Waals surface area (Å²) in [4.78, 5) is 7.53. The van der Waals surface area contributed by atoms with Gasteiger partial charge in [-0.1, -0.05) is 18.2 Å². The minimum atomic E-state index is -0.106. The van der Waals surface area contributed by atoms with Gasteiger partial charge in [0.1, 0.15) is 5.01 Å². The third kappa shape index (κ3) is 2.02. The number of thiazole rings is 1. The number of aromatic nitrogens is 1. The van der Waals surface area contributed by atoms with Crippen LogP contribution in [0.3, 0.4) is 0 Å². The number of thioether (sulfide) groups is 1. The number of aryl methyl sites for hydroxylation is 2. The van der Waals surface area contributed by atoms with Gasteiger partial charge in [0.15, 0.2) is 0 Å². The van der Waals surface area contributed by atoms with E-state index in [9.17, 15) is 0 Å². The maximum absolute atomic E-state index is 4.82. The van der Waals surface area contributed by atoms with Crippen molar-refractivity contribution in [2.24, 2.45) is 0 Å². The molecule has 1 aliphatic rings. The van der Waals surface area contributed by atoms with E-state index in [0.29, 0.717) is 0 Å². The molecule has 0 bridgehead atoms. The number of rotatable bonds is 2. The molecule has 1 N–H and O–H groups in total. The fraction of sp³-hybridized carbons (Fsp3) is 0.400. The molecule has 0 spiro atoms. The van der Waals surface area contributed by atoms with Crippen molar-refractivity contribution in [2.75, 3.05) is 12.8 Å². The molecule has 1 aliphatic heterocycles. The summed E-state index contributed by atoms with van der Waals surface area (Å²) in [5, 5.41) is 4.77. The Morgan fingerprint density at radius 2 is 2.05 bits per heavy atom. The van der Waals surface area contributed by atoms with Crippen molar-refractivity contribution in [2.45, 2.75) is 30.7 Å². The first-order valence-corrected chi connectivity index (χ1v) is 8.33. The van der Waals surface area contributed by atoms with Crippen molar-refractivity contribution in [1.29, 1.82) is 0 Å². The summed E-state index contributed by atoms with van der Waals surface area (Å²) in [7, 11) is 2.05. The molecule has 2 nitrogen and oxygen atoms in total. The zero-order valence-corrected chi connectivity index (χ0v) is 13.1. The SMILES string of the molecule is CNC1(c2nc(C)c(C)s2)CCSc2ccccc21. The summed E-state index contributed by atoms with van der Waals surface area (Å²) in [6.07, 6.45) is 1.09. The van der Waals surface area contributed by atoms with Crippen LogP contribution in [0.25, 0.3) is 0 Å². The normalized spacial score (nSPS) is 22.3. The van der Waals surface area contributed by atoms with Crippen molar-refractivity contribution in [3.05, 3.63) is 45.4 Å². The van der Waals surface area contributed by atoms with Crippen LogP contribution in [-0.2, 0) is 5.54 Å². The fourth-order valence-corrected chi connectivity index (χ4v) is 4.99. The smallest absolute Gasteiger partial charge is 0.118 e. The Labute approximate surface area is 122 Å². The van der Waals surface area contributed by atoms with Gasteiger partial charge >= 0.3 is 0 Å². The van der Waals surface area contributed by atoms with Crippen LogP contribution in [0.15, 0.2) is 29.2 Å². The molecule has 2 heterocycles. The molecule has 0 saturated heterocycles. The van der Waals surface area contributed by atoms with Gasteiger partial charge in [0.2, 0.25) is 0 Å². The molecule has 19 heavy (non-hydrogen) atoms. The molecule has 4 heteroatoms. The highest BCUT2D eigenvalue weighted by Gasteiger charge is 2.39. The molecule has 0 aliphatic carbocycles. The first kappa shape index (κ1) is 13.2. The fourth-order valence-electron chi connectivity index (χ4n) is 2.64. The van der Waals surface area contributed by atoms with Gasteiger partial charge in [0.25, 0.3) is 0 Å². The third-order valence-electron chi connectivity index (χ3n) is 3.90. The summed E-state index contributed by atoms with van der Waals surface area (Å²) in [5.74, 6) is 1.13. The zero-order valence-electron chi connectivity index (χ0n) is 11.5. The van der Waals surface area contributed by atoms with E-state index in [2.05, 4.69) is 50.5 Å². The lowest BCUT2D eigenvalue weighted by molar-refractivity contribution is 0.411. The average molecular weight is 290 g/mol. The molecule has 0 radical (unpaired) electrons. The molecule has 1 aromatic heterocycles. The maximum Gasteiger partial charge on any atom is 0.118 e. The molecule has 1 atom stereocenters. The molecule has 100 valence electrons. The van der Waals surface area contributed by atoms with E-state index in [4.69, 9.17) is 4.98 Å². The molecule has 1 aromatic carbocycles. The van der Waals surface area contributed by atoms with Crippen molar-refractivity contribution >= 4 is 23.1 Å². The Morgan fingerprint density at radius 1 is 1.26 bits per heavy atom. The van der Waals surface area contributed by atoms with Crippen molar-refractivity contribution in [1.82, 2.24) is 10.3 Å². The van der Waals surface area contributed by atoms with Crippen LogP contribution in [0.2, 0.25) is 0 Å². The van der Waals surface area contributed by atoms with Gasteiger partial charge in [-0.2, -0.15) is 0 Å². The molecular weight excluding hydrogens is 272 g/mol. The number of fused-ring (bicyclic) bond motifs is 1. The second kappa shape index (κ2) is 4.93. The van der Waals surface area contributed by atoms with Crippen LogP contribution in [0.4, 0.5) is 0 Å². The number of hydrogen-bond donors (Lipinski definition) is 1. The van der Waals surface area contributed by atoms with Gasteiger partial charge in [-0.3, -0.25) is 0 Å². The predicted molar refractivity (Wildman–Crippen MR) is 83.2 cm³/mol. The molecule has 0 saturated carbocycles. The average Bonchev–Trinajstić information content (AvgIpc) is 2.78. The number of nitrogens with zero attached hydrogens (tertiary/aromatic N) is 1. The van der Waals surface area contributed by atoms with Crippen LogP contribution < -0.4 is 5.32 Å². The quantitative estimate of drug-likeness (QED) is 0.912. The number of nitrogens with one attached hydrogen (secondary N) is 1. The lowest BCUT2D eigenvalue weighted by Crippen LogP contribution is -2.43. The van der Waals surface area contributed by atoms with Crippen LogP contribution in [0, 0.1) is 13.8 Å². The first-order chi connectivity index (χ1) is 9.17. The highest BCUT2D eigenvalue weighted by molar-refractivity contribution is 7.99. The van der Waals surface area contributed by atoms with Crippen molar-refractivity contribution in [3.63, 3.8) is 0 Å². The van der Waals surface area contributed by atoms with E-state index in [-0.39, 0.29) is 5.54 Å². The maximum atomic E-state index is 4.82. The van der Waals surface area contributed by atoms with E-state index < -0.39 is 0 Å². The minimum Gasteiger partial charge on any atom is -0.305 e. The van der Waals surface area contributed by atoms with E-state index in [1.165, 1.54) is 20.3 Å². The van der Waals surface area contributed by atoms with E-state index >= 15 is 0 Å². The summed E-state index contributed by atoms with van der Waals surface area (Å²) in [6, 6.07) is 8.71. The Kier molecular flexibility index (Phi) is 3.41. The molecule has 0 amide bonds. The van der Waals surface area contributed by atoms with Crippen LogP contribution >= 0.6 is 23.1 Å². The predicted octanol–water partition coefficient (Wildman–Crippen LogP) is 3.72. The Balaban J connectivity index is 2.20. The van der Waals surface area contributed by atoms with Gasteiger partial charge in [-0.15, -0.1) is 23.1 Å². The number of hydrogen-bond acceptors (Lipinski definition) is 4. The molecule has 1 unspecified atom stereocenters. The third-order valence-corrected chi connectivity index (χ3v) is 6.21. The topological polar surface area (TPSA) is 24.9 Å². The summed E-state index contributed by atoms with van der Waals surface area (Å²) in [6.45, 7) is 4.26. The summed E-state index contributed by atoms with van der Waals surface area (Å²) in [5.41, 5.74) is 2.43. The monoisotopic (exact) mass is 290 g/mol. The molecular formula is C15H18N2S2. The van der Waals surface area contributed by atoms with Crippen LogP contribution in [0.1, 0.15) is 27.6 Å². The lowest BCUT2D eigenvalue weighted by atomic mass is 9.87. The van der Waals surface area contributed by atoms with E-state index in [1.807, 2.05) is 23.1 Å². The Hall–Kier alpha value is -0.840. The zero-order chi connectivity index (χ0) is 13.5. The minimum absolute atomic E-state index is 0.106. The second-order valence-corrected chi connectivity index (χ2v) is 7.25. The van der Waals surface area contributed by atoms with E-state index in [1.54, 1.807) is 0 Å². The van der Waals surface area contributed by atoms with Gasteiger partial charge in [0, 0.05) is 15.5 Å². The molecule has 3 rings (SSSR count). The van der Waals surface area contributed by atoms with Crippen molar-refractivity contribution < 1.29 is 0 Å².